The van der Waals surface area contributed by atoms with E-state index in [2.05, 4.69) is 16.2 Å². The number of ether oxygens (including phenoxy) is 1. The number of carbonyl (C=O) groups excluding carboxylic acids is 4. The van der Waals surface area contributed by atoms with Crippen LogP contribution in [0, 0.1) is 5.82 Å². The fourth-order valence-corrected chi connectivity index (χ4v) is 3.66. The van der Waals surface area contributed by atoms with Crippen LogP contribution in [0.2, 0.25) is 0 Å². The summed E-state index contributed by atoms with van der Waals surface area (Å²) in [6.45, 7) is 1.62. The highest BCUT2D eigenvalue weighted by atomic mass is 19.1. The van der Waals surface area contributed by atoms with E-state index in [1.54, 1.807) is 0 Å². The third kappa shape index (κ3) is 4.87. The predicted molar refractivity (Wildman–Crippen MR) is 103 cm³/mol. The lowest BCUT2D eigenvalue weighted by molar-refractivity contribution is -0.133. The van der Waals surface area contributed by atoms with Gasteiger partial charge in [-0.25, -0.2) is 9.18 Å². The zero-order valence-corrected chi connectivity index (χ0v) is 16.7. The smallest absolute Gasteiger partial charge is 0.325 e. The number of imide groups is 1. The van der Waals surface area contributed by atoms with Crippen molar-refractivity contribution in [1.29, 1.82) is 0 Å². The van der Waals surface area contributed by atoms with Crippen LogP contribution < -0.4 is 20.9 Å². The first-order chi connectivity index (χ1) is 14.3. The maximum Gasteiger partial charge on any atom is 0.325 e. The lowest BCUT2D eigenvalue weighted by atomic mass is 9.98. The Morgan fingerprint density at radius 1 is 1.20 bits per heavy atom. The molecule has 0 unspecified atom stereocenters. The van der Waals surface area contributed by atoms with Crippen LogP contribution in [0.25, 0.3) is 0 Å². The Kier molecular flexibility index (Phi) is 6.53. The number of nitrogens with zero attached hydrogens (tertiary/aromatic N) is 1. The minimum Gasteiger partial charge on any atom is -0.481 e. The molecule has 1 spiro atoms. The molecule has 1 atom stereocenters. The van der Waals surface area contributed by atoms with Gasteiger partial charge in [-0.05, 0) is 50.5 Å². The number of rotatable bonds is 7. The molecule has 1 aromatic carbocycles. The van der Waals surface area contributed by atoms with Crippen molar-refractivity contribution in [2.45, 2.75) is 57.1 Å². The van der Waals surface area contributed by atoms with Crippen LogP contribution in [0.4, 0.5) is 9.18 Å². The van der Waals surface area contributed by atoms with Gasteiger partial charge in [0, 0.05) is 13.0 Å². The summed E-state index contributed by atoms with van der Waals surface area (Å²) in [4.78, 5) is 49.7. The third-order valence-electron chi connectivity index (χ3n) is 5.31. The molecular formula is C20H25FN4O5. The van der Waals surface area contributed by atoms with Gasteiger partial charge in [-0.1, -0.05) is 12.8 Å². The number of amides is 5. The van der Waals surface area contributed by atoms with Crippen molar-refractivity contribution < 1.29 is 28.3 Å². The molecule has 0 aromatic heterocycles. The van der Waals surface area contributed by atoms with Crippen LogP contribution in [-0.4, -0.2) is 46.8 Å². The Morgan fingerprint density at radius 3 is 2.53 bits per heavy atom. The second-order valence-electron chi connectivity index (χ2n) is 7.53. The van der Waals surface area contributed by atoms with Gasteiger partial charge in [-0.2, -0.15) is 0 Å². The zero-order valence-electron chi connectivity index (χ0n) is 16.7. The number of hydrogen-bond acceptors (Lipinski definition) is 5. The summed E-state index contributed by atoms with van der Waals surface area (Å²) in [6, 6.07) is 4.79. The number of hydrogen-bond donors (Lipinski definition) is 3. The van der Waals surface area contributed by atoms with E-state index in [-0.39, 0.29) is 25.3 Å². The van der Waals surface area contributed by atoms with E-state index in [9.17, 15) is 23.6 Å². The molecule has 0 radical (unpaired) electrons. The molecule has 1 saturated heterocycles. The summed E-state index contributed by atoms with van der Waals surface area (Å²) < 4.78 is 18.2. The van der Waals surface area contributed by atoms with Crippen LogP contribution in [0.5, 0.6) is 5.75 Å². The molecule has 1 aliphatic carbocycles. The first-order valence-corrected chi connectivity index (χ1v) is 9.96. The van der Waals surface area contributed by atoms with Gasteiger partial charge >= 0.3 is 6.03 Å². The summed E-state index contributed by atoms with van der Waals surface area (Å²) in [5.74, 6) is -1.35. The minimum atomic E-state index is -0.913. The highest BCUT2D eigenvalue weighted by molar-refractivity contribution is 6.07. The Balaban J connectivity index is 1.36. The van der Waals surface area contributed by atoms with Crippen molar-refractivity contribution in [3.8, 4) is 5.75 Å². The molecule has 9 nitrogen and oxygen atoms in total. The maximum atomic E-state index is 12.9. The molecule has 10 heteroatoms. The Bertz CT molecular complexity index is 823. The van der Waals surface area contributed by atoms with E-state index in [0.29, 0.717) is 18.6 Å². The lowest BCUT2D eigenvalue weighted by Crippen LogP contribution is -2.47. The molecule has 1 aliphatic heterocycles. The van der Waals surface area contributed by atoms with E-state index in [1.165, 1.54) is 31.2 Å². The molecule has 2 aliphatic rings. The molecular weight excluding hydrogens is 395 g/mol. The normalized spacial score (nSPS) is 18.3. The van der Waals surface area contributed by atoms with Gasteiger partial charge in [0.05, 0.1) is 0 Å². The molecule has 3 rings (SSSR count). The van der Waals surface area contributed by atoms with Crippen molar-refractivity contribution in [2.75, 3.05) is 6.54 Å². The number of halogens is 1. The average molecular weight is 420 g/mol. The van der Waals surface area contributed by atoms with E-state index in [4.69, 9.17) is 4.74 Å². The number of urea groups is 1. The molecule has 0 bridgehead atoms. The third-order valence-corrected chi connectivity index (χ3v) is 5.31. The second-order valence-corrected chi connectivity index (χ2v) is 7.53. The standard InChI is InChI=1S/C20H25FN4O5/c1-13(30-15-8-6-14(21)7-9-15)17(27)24-23-16(26)5-4-12-25-18(28)20(22-19(25)29)10-2-3-11-20/h6-9,13H,2-5,10-12H2,1H3,(H,22,29)(H,23,26)(H,24,27)/t13-/m0/s1. The average Bonchev–Trinajstić information content (AvgIpc) is 3.28. The van der Waals surface area contributed by atoms with Crippen molar-refractivity contribution >= 4 is 23.8 Å². The van der Waals surface area contributed by atoms with Crippen LogP contribution in [0.15, 0.2) is 24.3 Å². The quantitative estimate of drug-likeness (QED) is 0.455. The molecule has 3 N–H and O–H groups in total. The minimum absolute atomic E-state index is 0.0253. The molecule has 2 fully saturated rings. The van der Waals surface area contributed by atoms with Gasteiger partial charge in [0.15, 0.2) is 6.10 Å². The highest BCUT2D eigenvalue weighted by Gasteiger charge is 2.52. The summed E-state index contributed by atoms with van der Waals surface area (Å²) in [5.41, 5.74) is 3.77. The van der Waals surface area contributed by atoms with Gasteiger partial charge in [-0.15, -0.1) is 0 Å². The maximum absolute atomic E-state index is 12.9. The molecule has 5 amide bonds. The fourth-order valence-electron chi connectivity index (χ4n) is 3.66. The van der Waals surface area contributed by atoms with Crippen LogP contribution in [-0.2, 0) is 14.4 Å². The topological polar surface area (TPSA) is 117 Å². The van der Waals surface area contributed by atoms with Crippen LogP contribution in [0.1, 0.15) is 45.4 Å². The van der Waals surface area contributed by atoms with Gasteiger partial charge in [0.1, 0.15) is 17.1 Å². The highest BCUT2D eigenvalue weighted by Crippen LogP contribution is 2.35. The Hall–Kier alpha value is -3.17. The Morgan fingerprint density at radius 2 is 1.87 bits per heavy atom. The van der Waals surface area contributed by atoms with Crippen molar-refractivity contribution in [1.82, 2.24) is 21.1 Å². The summed E-state index contributed by atoms with van der Waals surface area (Å²) in [6.07, 6.45) is 2.51. The Labute approximate surface area is 173 Å². The summed E-state index contributed by atoms with van der Waals surface area (Å²) in [5, 5.41) is 2.79. The van der Waals surface area contributed by atoms with E-state index < -0.39 is 35.3 Å². The monoisotopic (exact) mass is 420 g/mol. The number of carbonyl (C=O) groups is 4. The molecule has 30 heavy (non-hydrogen) atoms. The fraction of sp³-hybridized carbons (Fsp3) is 0.500. The predicted octanol–water partition coefficient (Wildman–Crippen LogP) is 1.39. The van der Waals surface area contributed by atoms with Crippen molar-refractivity contribution in [3.63, 3.8) is 0 Å². The summed E-state index contributed by atoms with van der Waals surface area (Å²) >= 11 is 0. The first-order valence-electron chi connectivity index (χ1n) is 9.96. The number of nitrogens with one attached hydrogen (secondary N) is 3. The van der Waals surface area contributed by atoms with Crippen LogP contribution >= 0.6 is 0 Å². The van der Waals surface area contributed by atoms with Gasteiger partial charge in [-0.3, -0.25) is 30.1 Å². The van der Waals surface area contributed by atoms with E-state index >= 15 is 0 Å². The van der Waals surface area contributed by atoms with Crippen molar-refractivity contribution in [3.05, 3.63) is 30.1 Å². The second kappa shape index (κ2) is 9.10. The van der Waals surface area contributed by atoms with E-state index in [0.717, 1.165) is 17.7 Å². The molecule has 1 aromatic rings. The summed E-state index contributed by atoms with van der Waals surface area (Å²) in [7, 11) is 0. The SMILES string of the molecule is C[C@H](Oc1ccc(F)cc1)C(=O)NNC(=O)CCCN1C(=O)NC2(CCCC2)C1=O. The lowest BCUT2D eigenvalue weighted by Gasteiger charge is -2.20. The van der Waals surface area contributed by atoms with Crippen molar-refractivity contribution in [2.24, 2.45) is 0 Å². The van der Waals surface area contributed by atoms with Gasteiger partial charge < -0.3 is 10.1 Å². The number of benzene rings is 1. The molecule has 162 valence electrons. The number of hydrazine groups is 1. The zero-order chi connectivity index (χ0) is 21.7. The van der Waals surface area contributed by atoms with Gasteiger partial charge in [0.25, 0.3) is 11.8 Å². The van der Waals surface area contributed by atoms with E-state index in [1.807, 2.05) is 0 Å². The molecule has 1 saturated carbocycles. The van der Waals surface area contributed by atoms with Crippen LogP contribution in [0.3, 0.4) is 0 Å². The van der Waals surface area contributed by atoms with Gasteiger partial charge in [0.2, 0.25) is 5.91 Å². The largest absolute Gasteiger partial charge is 0.481 e. The first kappa shape index (κ1) is 21.5. The molecule has 1 heterocycles.